The van der Waals surface area contributed by atoms with E-state index in [0.29, 0.717) is 26.3 Å². The van der Waals surface area contributed by atoms with E-state index >= 15 is 0 Å². The van der Waals surface area contributed by atoms with Crippen molar-refractivity contribution in [3.63, 3.8) is 0 Å². The SMILES string of the molecule is C[C@@H](NC(=O)N1CCC2(CC1)OCCO2)c1cccc(Br)c1. The maximum Gasteiger partial charge on any atom is 0.317 e. The molecule has 0 unspecified atom stereocenters. The molecular weight excluding hydrogens is 348 g/mol. The summed E-state index contributed by atoms with van der Waals surface area (Å²) in [6.07, 6.45) is 1.48. The second kappa shape index (κ2) is 6.56. The van der Waals surface area contributed by atoms with Crippen molar-refractivity contribution >= 4 is 22.0 Å². The lowest BCUT2D eigenvalue weighted by Crippen LogP contribution is -2.50. The Bertz CT molecular complexity index is 536. The minimum absolute atomic E-state index is 0.0275. The third-order valence-corrected chi connectivity index (χ3v) is 4.81. The molecule has 1 aromatic carbocycles. The molecule has 2 aliphatic heterocycles. The van der Waals surface area contributed by atoms with Crippen molar-refractivity contribution in [2.45, 2.75) is 31.6 Å². The minimum atomic E-state index is -0.438. The maximum atomic E-state index is 12.4. The molecule has 2 saturated heterocycles. The molecule has 0 radical (unpaired) electrons. The second-order valence-corrected chi connectivity index (χ2v) is 6.74. The number of halogens is 1. The van der Waals surface area contributed by atoms with Crippen molar-refractivity contribution in [1.82, 2.24) is 10.2 Å². The summed E-state index contributed by atoms with van der Waals surface area (Å²) in [6, 6.07) is 7.93. The highest BCUT2D eigenvalue weighted by atomic mass is 79.9. The fraction of sp³-hybridized carbons (Fsp3) is 0.562. The second-order valence-electron chi connectivity index (χ2n) is 5.82. The molecule has 5 nitrogen and oxygen atoms in total. The Labute approximate surface area is 139 Å². The van der Waals surface area contributed by atoms with Gasteiger partial charge in [-0.25, -0.2) is 4.79 Å². The van der Waals surface area contributed by atoms with Gasteiger partial charge in [-0.05, 0) is 24.6 Å². The molecule has 2 heterocycles. The highest BCUT2D eigenvalue weighted by Crippen LogP contribution is 2.31. The van der Waals surface area contributed by atoms with Crippen LogP contribution >= 0.6 is 15.9 Å². The molecule has 0 saturated carbocycles. The Morgan fingerprint density at radius 3 is 2.64 bits per heavy atom. The highest BCUT2D eigenvalue weighted by molar-refractivity contribution is 9.10. The Kier molecular flexibility index (Phi) is 4.70. The molecule has 0 aliphatic carbocycles. The summed E-state index contributed by atoms with van der Waals surface area (Å²) in [4.78, 5) is 14.2. The first kappa shape index (κ1) is 15.8. The van der Waals surface area contributed by atoms with E-state index in [1.54, 1.807) is 0 Å². The molecule has 1 spiro atoms. The van der Waals surface area contributed by atoms with E-state index in [-0.39, 0.29) is 12.1 Å². The van der Waals surface area contributed by atoms with Crippen LogP contribution in [0.1, 0.15) is 31.4 Å². The Morgan fingerprint density at radius 2 is 2.00 bits per heavy atom. The summed E-state index contributed by atoms with van der Waals surface area (Å²) in [7, 11) is 0. The lowest BCUT2D eigenvalue weighted by Gasteiger charge is -2.37. The molecule has 120 valence electrons. The number of amides is 2. The van der Waals surface area contributed by atoms with Crippen LogP contribution in [0.15, 0.2) is 28.7 Å². The van der Waals surface area contributed by atoms with E-state index in [4.69, 9.17) is 9.47 Å². The van der Waals surface area contributed by atoms with E-state index < -0.39 is 5.79 Å². The first-order valence-electron chi connectivity index (χ1n) is 7.67. The van der Waals surface area contributed by atoms with Gasteiger partial charge in [0, 0.05) is 30.4 Å². The predicted molar refractivity (Wildman–Crippen MR) is 86.5 cm³/mol. The molecule has 2 amide bonds. The number of benzene rings is 1. The van der Waals surface area contributed by atoms with Crippen LogP contribution < -0.4 is 5.32 Å². The first-order chi connectivity index (χ1) is 10.6. The number of hydrogen-bond donors (Lipinski definition) is 1. The molecule has 2 fully saturated rings. The van der Waals surface area contributed by atoms with Gasteiger partial charge in [-0.2, -0.15) is 0 Å². The van der Waals surface area contributed by atoms with Gasteiger partial charge in [0.1, 0.15) is 0 Å². The Balaban J connectivity index is 1.54. The van der Waals surface area contributed by atoms with Crippen LogP contribution in [0.25, 0.3) is 0 Å². The number of carbonyl (C=O) groups is 1. The molecule has 3 rings (SSSR count). The first-order valence-corrected chi connectivity index (χ1v) is 8.46. The van der Waals surface area contributed by atoms with Crippen molar-refractivity contribution in [2.24, 2.45) is 0 Å². The fourth-order valence-corrected chi connectivity index (χ4v) is 3.39. The molecule has 6 heteroatoms. The largest absolute Gasteiger partial charge is 0.347 e. The monoisotopic (exact) mass is 368 g/mol. The zero-order valence-electron chi connectivity index (χ0n) is 12.7. The summed E-state index contributed by atoms with van der Waals surface area (Å²) >= 11 is 3.46. The van der Waals surface area contributed by atoms with Crippen LogP contribution in [-0.4, -0.2) is 43.0 Å². The predicted octanol–water partition coefficient (Wildman–Crippen LogP) is 3.06. The van der Waals surface area contributed by atoms with Crippen LogP contribution in [0.2, 0.25) is 0 Å². The molecule has 22 heavy (non-hydrogen) atoms. The summed E-state index contributed by atoms with van der Waals surface area (Å²) in [5, 5.41) is 3.06. The summed E-state index contributed by atoms with van der Waals surface area (Å²) in [5.74, 6) is -0.438. The molecule has 1 atom stereocenters. The number of piperidine rings is 1. The molecule has 0 bridgehead atoms. The van der Waals surface area contributed by atoms with Crippen LogP contribution in [0, 0.1) is 0 Å². The van der Waals surface area contributed by atoms with Crippen molar-refractivity contribution in [1.29, 1.82) is 0 Å². The topological polar surface area (TPSA) is 50.8 Å². The summed E-state index contributed by atoms with van der Waals surface area (Å²) < 4.78 is 12.4. The number of likely N-dealkylation sites (tertiary alicyclic amines) is 1. The van der Waals surface area contributed by atoms with E-state index in [9.17, 15) is 4.79 Å². The fourth-order valence-electron chi connectivity index (χ4n) is 2.97. The van der Waals surface area contributed by atoms with Crippen molar-refractivity contribution in [3.8, 4) is 0 Å². The molecule has 0 aromatic heterocycles. The Hall–Kier alpha value is -1.11. The average molecular weight is 369 g/mol. The van der Waals surface area contributed by atoms with Crippen molar-refractivity contribution in [2.75, 3.05) is 26.3 Å². The molecule has 1 N–H and O–H groups in total. The normalized spacial score (nSPS) is 21.8. The minimum Gasteiger partial charge on any atom is -0.347 e. The lowest BCUT2D eigenvalue weighted by molar-refractivity contribution is -0.181. The Morgan fingerprint density at radius 1 is 1.32 bits per heavy atom. The van der Waals surface area contributed by atoms with Gasteiger partial charge in [0.25, 0.3) is 0 Å². The zero-order valence-corrected chi connectivity index (χ0v) is 14.3. The quantitative estimate of drug-likeness (QED) is 0.872. The van der Waals surface area contributed by atoms with Gasteiger partial charge in [0.15, 0.2) is 5.79 Å². The zero-order chi connectivity index (χ0) is 15.6. The van der Waals surface area contributed by atoms with Crippen LogP contribution in [0.4, 0.5) is 4.79 Å². The van der Waals surface area contributed by atoms with Gasteiger partial charge in [0.05, 0.1) is 19.3 Å². The molecule has 1 aromatic rings. The third-order valence-electron chi connectivity index (χ3n) is 4.31. The van der Waals surface area contributed by atoms with E-state index in [2.05, 4.69) is 21.2 Å². The molecular formula is C16H21BrN2O3. The summed E-state index contributed by atoms with van der Waals surface area (Å²) in [5.41, 5.74) is 1.08. The standard InChI is InChI=1S/C16H21BrN2O3/c1-12(13-3-2-4-14(17)11-13)18-15(20)19-7-5-16(6-8-19)21-9-10-22-16/h2-4,11-12H,5-10H2,1H3,(H,18,20)/t12-/m1/s1. The highest BCUT2D eigenvalue weighted by Gasteiger charge is 2.40. The van der Waals surface area contributed by atoms with Gasteiger partial charge in [-0.1, -0.05) is 28.1 Å². The third kappa shape index (κ3) is 3.45. The van der Waals surface area contributed by atoms with Gasteiger partial charge >= 0.3 is 6.03 Å². The van der Waals surface area contributed by atoms with Gasteiger partial charge < -0.3 is 19.7 Å². The van der Waals surface area contributed by atoms with Gasteiger partial charge in [0.2, 0.25) is 0 Å². The van der Waals surface area contributed by atoms with E-state index in [1.165, 1.54) is 0 Å². The lowest BCUT2D eigenvalue weighted by atomic mass is 10.0. The maximum absolute atomic E-state index is 12.4. The van der Waals surface area contributed by atoms with Crippen molar-refractivity contribution in [3.05, 3.63) is 34.3 Å². The average Bonchev–Trinajstić information content (AvgIpc) is 2.96. The van der Waals surface area contributed by atoms with E-state index in [0.717, 1.165) is 22.9 Å². The number of urea groups is 1. The number of carbonyl (C=O) groups excluding carboxylic acids is 1. The number of hydrogen-bond acceptors (Lipinski definition) is 3. The van der Waals surface area contributed by atoms with Crippen LogP contribution in [-0.2, 0) is 9.47 Å². The smallest absolute Gasteiger partial charge is 0.317 e. The van der Waals surface area contributed by atoms with Crippen LogP contribution in [0.3, 0.4) is 0 Å². The van der Waals surface area contributed by atoms with Crippen LogP contribution in [0.5, 0.6) is 0 Å². The van der Waals surface area contributed by atoms with E-state index in [1.807, 2.05) is 36.1 Å². The number of rotatable bonds is 2. The number of nitrogens with zero attached hydrogens (tertiary/aromatic N) is 1. The number of nitrogens with one attached hydrogen (secondary N) is 1. The summed E-state index contributed by atoms with van der Waals surface area (Å²) in [6.45, 7) is 4.64. The van der Waals surface area contributed by atoms with Crippen molar-refractivity contribution < 1.29 is 14.3 Å². The molecule has 2 aliphatic rings. The number of ether oxygens (including phenoxy) is 2. The van der Waals surface area contributed by atoms with Gasteiger partial charge in [-0.15, -0.1) is 0 Å². The van der Waals surface area contributed by atoms with Gasteiger partial charge in [-0.3, -0.25) is 0 Å².